The predicted molar refractivity (Wildman–Crippen MR) is 63.3 cm³/mol. The summed E-state index contributed by atoms with van der Waals surface area (Å²) < 4.78 is 11.4. The van der Waals surface area contributed by atoms with E-state index in [1.807, 2.05) is 12.1 Å². The first-order valence-electron chi connectivity index (χ1n) is 5.91. The molecule has 1 spiro atoms. The van der Waals surface area contributed by atoms with Crippen LogP contribution in [0.3, 0.4) is 0 Å². The normalized spacial score (nSPS) is 25.3. The van der Waals surface area contributed by atoms with E-state index in [2.05, 4.69) is 11.7 Å². The molecule has 2 aliphatic rings. The molecule has 0 radical (unpaired) electrons. The van der Waals surface area contributed by atoms with Gasteiger partial charge in [-0.3, -0.25) is 5.01 Å². The Kier molecular flexibility index (Phi) is 3.61. The van der Waals surface area contributed by atoms with E-state index in [4.69, 9.17) is 9.47 Å². The maximum atomic E-state index is 5.70. The van der Waals surface area contributed by atoms with Crippen molar-refractivity contribution in [1.29, 1.82) is 0 Å². The molecule has 0 aromatic rings. The highest BCUT2D eigenvalue weighted by Gasteiger charge is 2.40. The van der Waals surface area contributed by atoms with Crippen LogP contribution in [-0.4, -0.2) is 43.3 Å². The highest BCUT2D eigenvalue weighted by Crippen LogP contribution is 2.36. The summed E-state index contributed by atoms with van der Waals surface area (Å²) >= 11 is 0. The summed E-state index contributed by atoms with van der Waals surface area (Å²) in [6.45, 7) is 5.11. The van der Waals surface area contributed by atoms with Crippen LogP contribution in [-0.2, 0) is 9.47 Å². The number of allylic oxidation sites excluding steroid dienone is 1. The van der Waals surface area contributed by atoms with Gasteiger partial charge in [0.25, 0.3) is 0 Å². The zero-order chi connectivity index (χ0) is 11.4. The van der Waals surface area contributed by atoms with Crippen LogP contribution in [0.5, 0.6) is 0 Å². The van der Waals surface area contributed by atoms with Crippen LogP contribution >= 0.6 is 0 Å². The molecular weight excluding hydrogens is 204 g/mol. The lowest BCUT2D eigenvalue weighted by Gasteiger charge is -2.37. The Hall–Kier alpha value is -0.870. The van der Waals surface area contributed by atoms with Gasteiger partial charge in [0.15, 0.2) is 5.79 Å². The van der Waals surface area contributed by atoms with E-state index in [0.717, 1.165) is 38.9 Å². The first-order chi connectivity index (χ1) is 7.76. The second-order valence-corrected chi connectivity index (χ2v) is 4.41. The van der Waals surface area contributed by atoms with E-state index in [9.17, 15) is 0 Å². The molecule has 1 aliphatic carbocycles. The van der Waals surface area contributed by atoms with Crippen LogP contribution < -0.4 is 0 Å². The Morgan fingerprint density at radius 3 is 2.50 bits per heavy atom. The lowest BCUT2D eigenvalue weighted by molar-refractivity contribution is -0.183. The Bertz CT molecular complexity index is 262. The standard InChI is InChI=1S/C12H20N2O2/c1-3-8-13-14(2)11-4-6-12(7-5-11)15-9-10-16-12/h3,8,11H,1,4-7,9-10H2,2H3. The number of hydrogen-bond donors (Lipinski definition) is 0. The highest BCUT2D eigenvalue weighted by molar-refractivity contribution is 5.69. The van der Waals surface area contributed by atoms with Crippen LogP contribution in [0.15, 0.2) is 17.8 Å². The first kappa shape index (κ1) is 11.6. The van der Waals surface area contributed by atoms with Crippen LogP contribution in [0.2, 0.25) is 0 Å². The van der Waals surface area contributed by atoms with E-state index < -0.39 is 0 Å². The average Bonchev–Trinajstić information content (AvgIpc) is 2.75. The molecule has 1 saturated heterocycles. The molecule has 0 aromatic heterocycles. The minimum atomic E-state index is -0.264. The molecular formula is C12H20N2O2. The SMILES string of the molecule is C=CC=NN(C)C1CCC2(CC1)OCCO2. The minimum Gasteiger partial charge on any atom is -0.348 e. The number of hydrogen-bond acceptors (Lipinski definition) is 4. The molecule has 1 saturated carbocycles. The molecule has 1 aliphatic heterocycles. The predicted octanol–water partition coefficient (Wildman–Crippen LogP) is 1.78. The molecule has 4 heteroatoms. The number of rotatable bonds is 3. The average molecular weight is 224 g/mol. The fraction of sp³-hybridized carbons (Fsp3) is 0.750. The van der Waals surface area contributed by atoms with Gasteiger partial charge < -0.3 is 9.47 Å². The third kappa shape index (κ3) is 2.44. The Morgan fingerprint density at radius 1 is 1.31 bits per heavy atom. The molecule has 0 N–H and O–H groups in total. The smallest absolute Gasteiger partial charge is 0.168 e. The van der Waals surface area contributed by atoms with E-state index in [1.165, 1.54) is 0 Å². The molecule has 2 rings (SSSR count). The van der Waals surface area contributed by atoms with Gasteiger partial charge in [0, 0.05) is 32.1 Å². The fourth-order valence-corrected chi connectivity index (χ4v) is 2.45. The molecule has 4 nitrogen and oxygen atoms in total. The monoisotopic (exact) mass is 224 g/mol. The summed E-state index contributed by atoms with van der Waals surface area (Å²) in [5, 5.41) is 6.31. The summed E-state index contributed by atoms with van der Waals surface area (Å²) in [4.78, 5) is 0. The van der Waals surface area contributed by atoms with E-state index in [-0.39, 0.29) is 5.79 Å². The van der Waals surface area contributed by atoms with Gasteiger partial charge in [-0.2, -0.15) is 5.10 Å². The van der Waals surface area contributed by atoms with Gasteiger partial charge in [0.05, 0.1) is 13.2 Å². The third-order valence-electron chi connectivity index (χ3n) is 3.41. The lowest BCUT2D eigenvalue weighted by Crippen LogP contribution is -2.41. The molecule has 2 fully saturated rings. The van der Waals surface area contributed by atoms with Crippen molar-refractivity contribution in [2.24, 2.45) is 5.10 Å². The maximum Gasteiger partial charge on any atom is 0.168 e. The van der Waals surface area contributed by atoms with Crippen molar-refractivity contribution < 1.29 is 9.47 Å². The van der Waals surface area contributed by atoms with Gasteiger partial charge in [-0.15, -0.1) is 0 Å². The third-order valence-corrected chi connectivity index (χ3v) is 3.41. The van der Waals surface area contributed by atoms with Crippen LogP contribution in [0.4, 0.5) is 0 Å². The van der Waals surface area contributed by atoms with Gasteiger partial charge >= 0.3 is 0 Å². The fourth-order valence-electron chi connectivity index (χ4n) is 2.45. The molecule has 0 unspecified atom stereocenters. The Morgan fingerprint density at radius 2 is 1.94 bits per heavy atom. The number of nitrogens with zero attached hydrogens (tertiary/aromatic N) is 2. The second kappa shape index (κ2) is 4.97. The molecule has 1 heterocycles. The number of ether oxygens (including phenoxy) is 2. The van der Waals surface area contributed by atoms with Crippen molar-refractivity contribution in [3.8, 4) is 0 Å². The van der Waals surface area contributed by atoms with E-state index >= 15 is 0 Å². The van der Waals surface area contributed by atoms with Crippen molar-refractivity contribution in [3.05, 3.63) is 12.7 Å². The summed E-state index contributed by atoms with van der Waals surface area (Å²) in [5.41, 5.74) is 0. The zero-order valence-electron chi connectivity index (χ0n) is 9.89. The van der Waals surface area contributed by atoms with Gasteiger partial charge in [-0.05, 0) is 18.9 Å². The maximum absolute atomic E-state index is 5.70. The molecule has 0 atom stereocenters. The van der Waals surface area contributed by atoms with Crippen molar-refractivity contribution in [2.45, 2.75) is 37.5 Å². The largest absolute Gasteiger partial charge is 0.348 e. The van der Waals surface area contributed by atoms with E-state index in [0.29, 0.717) is 6.04 Å². The minimum absolute atomic E-state index is 0.264. The van der Waals surface area contributed by atoms with Crippen LogP contribution in [0.1, 0.15) is 25.7 Å². The van der Waals surface area contributed by atoms with Crippen molar-refractivity contribution >= 4 is 6.21 Å². The Labute approximate surface area is 96.9 Å². The van der Waals surface area contributed by atoms with Crippen molar-refractivity contribution in [2.75, 3.05) is 20.3 Å². The molecule has 0 amide bonds. The first-order valence-corrected chi connectivity index (χ1v) is 5.91. The number of hydrazone groups is 1. The van der Waals surface area contributed by atoms with E-state index in [1.54, 1.807) is 12.3 Å². The van der Waals surface area contributed by atoms with Crippen molar-refractivity contribution in [1.82, 2.24) is 5.01 Å². The second-order valence-electron chi connectivity index (χ2n) is 4.41. The van der Waals surface area contributed by atoms with Gasteiger partial charge in [0.2, 0.25) is 0 Å². The summed E-state index contributed by atoms with van der Waals surface area (Å²) in [5.74, 6) is -0.264. The highest BCUT2D eigenvalue weighted by atomic mass is 16.7. The summed E-state index contributed by atoms with van der Waals surface area (Å²) in [7, 11) is 2.01. The zero-order valence-corrected chi connectivity index (χ0v) is 9.89. The Balaban J connectivity index is 1.84. The lowest BCUT2D eigenvalue weighted by atomic mass is 9.90. The molecule has 0 aromatic carbocycles. The van der Waals surface area contributed by atoms with Gasteiger partial charge in [-0.25, -0.2) is 0 Å². The molecule has 0 bridgehead atoms. The van der Waals surface area contributed by atoms with Crippen molar-refractivity contribution in [3.63, 3.8) is 0 Å². The quantitative estimate of drug-likeness (QED) is 0.541. The molecule has 16 heavy (non-hydrogen) atoms. The topological polar surface area (TPSA) is 34.1 Å². The van der Waals surface area contributed by atoms with Crippen LogP contribution in [0, 0.1) is 0 Å². The molecule has 90 valence electrons. The van der Waals surface area contributed by atoms with Gasteiger partial charge in [-0.1, -0.05) is 6.58 Å². The van der Waals surface area contributed by atoms with Gasteiger partial charge in [0.1, 0.15) is 0 Å². The summed E-state index contributed by atoms with van der Waals surface area (Å²) in [6.07, 6.45) is 7.53. The summed E-state index contributed by atoms with van der Waals surface area (Å²) in [6, 6.07) is 0.495. The van der Waals surface area contributed by atoms with Crippen LogP contribution in [0.25, 0.3) is 0 Å².